The molecule has 4 atom stereocenters. The van der Waals surface area contributed by atoms with Gasteiger partial charge in [0, 0.05) is 6.42 Å². The van der Waals surface area contributed by atoms with Crippen LogP contribution in [-0.4, -0.2) is 35.0 Å². The van der Waals surface area contributed by atoms with Gasteiger partial charge in [-0.3, -0.25) is 14.4 Å². The number of amides is 1. The predicted molar refractivity (Wildman–Crippen MR) is 92.3 cm³/mol. The zero-order valence-corrected chi connectivity index (χ0v) is 15.3. The highest BCUT2D eigenvalue weighted by molar-refractivity contribution is 6.21. The van der Waals surface area contributed by atoms with Gasteiger partial charge in [0.25, 0.3) is 0 Å². The maximum absolute atomic E-state index is 13.1. The number of aliphatic hydroxyl groups excluding tert-OH is 1. The number of ether oxygens (including phenoxy) is 1. The first kappa shape index (κ1) is 19.4. The van der Waals surface area contributed by atoms with E-state index in [1.54, 1.807) is 39.8 Å². The van der Waals surface area contributed by atoms with Gasteiger partial charge in [0.05, 0.1) is 17.9 Å². The van der Waals surface area contributed by atoms with Gasteiger partial charge in [-0.15, -0.1) is 0 Å². The summed E-state index contributed by atoms with van der Waals surface area (Å²) in [5.41, 5.74) is -0.199. The fraction of sp³-hybridized carbons (Fsp3) is 0.632. The van der Waals surface area contributed by atoms with Crippen molar-refractivity contribution in [2.24, 2.45) is 11.3 Å². The van der Waals surface area contributed by atoms with Crippen LogP contribution >= 0.6 is 0 Å². The lowest BCUT2D eigenvalue weighted by Gasteiger charge is -2.36. The van der Waals surface area contributed by atoms with E-state index >= 15 is 0 Å². The molecule has 1 unspecified atom stereocenters. The molecule has 0 aromatic rings. The van der Waals surface area contributed by atoms with Crippen molar-refractivity contribution >= 4 is 17.7 Å². The molecule has 0 radical (unpaired) electrons. The van der Waals surface area contributed by atoms with E-state index in [1.165, 1.54) is 0 Å². The molecule has 0 bridgehead atoms. The number of cyclic esters (lactones) is 1. The van der Waals surface area contributed by atoms with Crippen LogP contribution in [-0.2, 0) is 19.1 Å². The Kier molecular flexibility index (Phi) is 5.83. The smallest absolute Gasteiger partial charge is 0.306 e. The second kappa shape index (κ2) is 7.52. The number of hydrogen-bond acceptors (Lipinski definition) is 5. The minimum atomic E-state index is -1.28. The number of aliphatic hydroxyl groups is 1. The molecule has 2 aliphatic heterocycles. The Balaban J connectivity index is 2.40. The first-order chi connectivity index (χ1) is 11.7. The van der Waals surface area contributed by atoms with E-state index in [2.05, 4.69) is 5.32 Å². The van der Waals surface area contributed by atoms with E-state index in [4.69, 9.17) is 4.74 Å². The molecule has 1 amide bonds. The van der Waals surface area contributed by atoms with Gasteiger partial charge < -0.3 is 15.2 Å². The lowest BCUT2D eigenvalue weighted by Crippen LogP contribution is -2.46. The van der Waals surface area contributed by atoms with Crippen LogP contribution in [0.15, 0.2) is 23.4 Å². The number of ketones is 1. The number of carbonyl (C=O) groups excluding carboxylic acids is 3. The quantitative estimate of drug-likeness (QED) is 0.343. The van der Waals surface area contributed by atoms with E-state index in [1.807, 2.05) is 0 Å². The van der Waals surface area contributed by atoms with Crippen molar-refractivity contribution in [1.29, 1.82) is 0 Å². The molecular weight excluding hydrogens is 322 g/mol. The van der Waals surface area contributed by atoms with E-state index < -0.39 is 17.4 Å². The second-order valence-corrected chi connectivity index (χ2v) is 7.33. The zero-order chi connectivity index (χ0) is 18.8. The van der Waals surface area contributed by atoms with Crippen molar-refractivity contribution in [3.05, 3.63) is 23.4 Å². The number of carbonyl (C=O) groups is 3. The minimum Gasteiger partial charge on any atom is -0.463 e. The fourth-order valence-corrected chi connectivity index (χ4v) is 3.63. The van der Waals surface area contributed by atoms with Crippen molar-refractivity contribution in [1.82, 2.24) is 5.32 Å². The van der Waals surface area contributed by atoms with Gasteiger partial charge in [0.1, 0.15) is 5.41 Å². The Bertz CT molecular complexity index is 630. The van der Waals surface area contributed by atoms with Crippen molar-refractivity contribution in [2.75, 3.05) is 0 Å². The van der Waals surface area contributed by atoms with Gasteiger partial charge in [0.15, 0.2) is 5.78 Å². The molecule has 0 aromatic heterocycles. The summed E-state index contributed by atoms with van der Waals surface area (Å²) in [5, 5.41) is 12.1. The highest BCUT2D eigenvalue weighted by Gasteiger charge is 2.58. The summed E-state index contributed by atoms with van der Waals surface area (Å²) in [5.74, 6) is -1.36. The molecule has 2 N–H and O–H groups in total. The summed E-state index contributed by atoms with van der Waals surface area (Å²) in [4.78, 5) is 37.9. The number of allylic oxidation sites excluding steroid dienone is 3. The monoisotopic (exact) mass is 349 g/mol. The van der Waals surface area contributed by atoms with Gasteiger partial charge in [-0.05, 0) is 58.4 Å². The van der Waals surface area contributed by atoms with Crippen LogP contribution in [0, 0.1) is 11.3 Å². The van der Waals surface area contributed by atoms with E-state index in [0.29, 0.717) is 18.5 Å². The number of Topliss-reactive ketones (excluding diaryl/α,β-unsaturated/α-hetero) is 1. The fourth-order valence-electron chi connectivity index (χ4n) is 3.63. The van der Waals surface area contributed by atoms with Gasteiger partial charge in [-0.25, -0.2) is 0 Å². The summed E-state index contributed by atoms with van der Waals surface area (Å²) in [6, 6.07) is 0. The molecule has 0 spiro atoms. The molecule has 138 valence electrons. The molecule has 2 aliphatic rings. The third kappa shape index (κ3) is 3.84. The van der Waals surface area contributed by atoms with Crippen LogP contribution in [0.3, 0.4) is 0 Å². The van der Waals surface area contributed by atoms with Crippen molar-refractivity contribution in [2.45, 2.75) is 65.6 Å². The van der Waals surface area contributed by atoms with Crippen LogP contribution in [0.5, 0.6) is 0 Å². The number of nitrogens with one attached hydrogen (secondary N) is 1. The summed E-state index contributed by atoms with van der Waals surface area (Å²) in [7, 11) is 0. The summed E-state index contributed by atoms with van der Waals surface area (Å²) >= 11 is 0. The number of esters is 1. The molecule has 2 fully saturated rings. The Hall–Kier alpha value is -1.95. The first-order valence-corrected chi connectivity index (χ1v) is 8.74. The Labute approximate surface area is 148 Å². The van der Waals surface area contributed by atoms with E-state index in [-0.39, 0.29) is 36.6 Å². The molecule has 0 aliphatic carbocycles. The van der Waals surface area contributed by atoms with Crippen LogP contribution < -0.4 is 5.32 Å². The van der Waals surface area contributed by atoms with Gasteiger partial charge in [-0.1, -0.05) is 12.2 Å². The summed E-state index contributed by atoms with van der Waals surface area (Å²) < 4.78 is 5.18. The molecule has 2 rings (SSSR count). The molecule has 6 heteroatoms. The normalized spacial score (nSPS) is 31.2. The number of hydrogen-bond donors (Lipinski definition) is 2. The average molecular weight is 349 g/mol. The van der Waals surface area contributed by atoms with Crippen LogP contribution in [0.4, 0.5) is 0 Å². The topological polar surface area (TPSA) is 92.7 Å². The maximum atomic E-state index is 13.1. The van der Waals surface area contributed by atoms with Crippen LogP contribution in [0.2, 0.25) is 0 Å². The minimum absolute atomic E-state index is 0.0593. The van der Waals surface area contributed by atoms with Gasteiger partial charge in [0.2, 0.25) is 5.91 Å². The lowest BCUT2D eigenvalue weighted by molar-refractivity contribution is -0.161. The first-order valence-electron chi connectivity index (χ1n) is 8.74. The van der Waals surface area contributed by atoms with Crippen LogP contribution in [0.1, 0.15) is 53.4 Å². The van der Waals surface area contributed by atoms with E-state index in [9.17, 15) is 19.5 Å². The molecule has 2 saturated heterocycles. The van der Waals surface area contributed by atoms with Gasteiger partial charge >= 0.3 is 5.97 Å². The Morgan fingerprint density at radius 3 is 2.56 bits per heavy atom. The van der Waals surface area contributed by atoms with Crippen LogP contribution in [0.25, 0.3) is 0 Å². The molecule has 0 saturated carbocycles. The SMILES string of the molecule is CC(C)=C1NC(=O)[C@](C/C=C\CC(C)O)([C@@H]2CC(=O)O[C@H](C)C2)C1=O. The van der Waals surface area contributed by atoms with Crippen molar-refractivity contribution < 1.29 is 24.2 Å². The van der Waals surface area contributed by atoms with Gasteiger partial charge in [-0.2, -0.15) is 0 Å². The largest absolute Gasteiger partial charge is 0.463 e. The average Bonchev–Trinajstić information content (AvgIpc) is 2.75. The molecule has 25 heavy (non-hydrogen) atoms. The lowest BCUT2D eigenvalue weighted by atomic mass is 9.66. The number of rotatable bonds is 5. The predicted octanol–water partition coefficient (Wildman–Crippen LogP) is 2.02. The maximum Gasteiger partial charge on any atom is 0.306 e. The zero-order valence-electron chi connectivity index (χ0n) is 15.3. The Morgan fingerprint density at radius 2 is 2.04 bits per heavy atom. The van der Waals surface area contributed by atoms with E-state index in [0.717, 1.165) is 5.57 Å². The van der Waals surface area contributed by atoms with Crippen molar-refractivity contribution in [3.63, 3.8) is 0 Å². The summed E-state index contributed by atoms with van der Waals surface area (Å²) in [6.07, 6.45) is 3.94. The Morgan fingerprint density at radius 1 is 1.36 bits per heavy atom. The molecule has 0 aromatic carbocycles. The standard InChI is InChI=1S/C19H27NO5/c1-11(2)16-17(23)19(18(24)20-16,8-6-5-7-12(3)21)14-9-13(4)25-15(22)10-14/h5-6,12-14,21H,7-10H2,1-4H3,(H,20,24)/b6-5-/t12?,13-,14+,19-/m1/s1. The third-order valence-corrected chi connectivity index (χ3v) is 4.92. The molecule has 2 heterocycles. The molecular formula is C19H27NO5. The second-order valence-electron chi connectivity index (χ2n) is 7.33. The third-order valence-electron chi connectivity index (χ3n) is 4.92. The molecule has 6 nitrogen and oxygen atoms in total. The summed E-state index contributed by atoms with van der Waals surface area (Å²) in [6.45, 7) is 7.02. The van der Waals surface area contributed by atoms with Crippen molar-refractivity contribution in [3.8, 4) is 0 Å². The highest BCUT2D eigenvalue weighted by Crippen LogP contribution is 2.46. The highest BCUT2D eigenvalue weighted by atomic mass is 16.5.